The van der Waals surface area contributed by atoms with Crippen LogP contribution in [0, 0.1) is 5.82 Å². The lowest BCUT2D eigenvalue weighted by Crippen LogP contribution is -2.51. The molecule has 20 heavy (non-hydrogen) atoms. The summed E-state index contributed by atoms with van der Waals surface area (Å²) in [6.07, 6.45) is 0.0916. The van der Waals surface area contributed by atoms with Gasteiger partial charge in [0.25, 0.3) is 0 Å². The molecule has 2 atom stereocenters. The second-order valence-electron chi connectivity index (χ2n) is 4.91. The lowest BCUT2D eigenvalue weighted by Gasteiger charge is -2.34. The second-order valence-corrected chi connectivity index (χ2v) is 4.91. The number of rotatable bonds is 3. The van der Waals surface area contributed by atoms with Crippen molar-refractivity contribution < 1.29 is 13.9 Å². The number of nitrogens with zero attached hydrogens (tertiary/aromatic N) is 1. The average Bonchev–Trinajstić information content (AvgIpc) is 2.39. The quantitative estimate of drug-likeness (QED) is 0.917. The van der Waals surface area contributed by atoms with E-state index in [0.717, 1.165) is 0 Å². The first kappa shape index (κ1) is 16.9. The number of halogens is 2. The SMILES string of the molecule is CC(N)C1CN(C(=O)Cc2cccc(F)c2)CCO1.Cl. The minimum absolute atomic E-state index is 0. The van der Waals surface area contributed by atoms with E-state index >= 15 is 0 Å². The number of carbonyl (C=O) groups is 1. The van der Waals surface area contributed by atoms with Crippen LogP contribution >= 0.6 is 12.4 Å². The lowest BCUT2D eigenvalue weighted by molar-refractivity contribution is -0.138. The van der Waals surface area contributed by atoms with Gasteiger partial charge in [0.1, 0.15) is 5.82 Å². The van der Waals surface area contributed by atoms with Gasteiger partial charge in [0, 0.05) is 19.1 Å². The van der Waals surface area contributed by atoms with Crippen LogP contribution in [0.4, 0.5) is 4.39 Å². The summed E-state index contributed by atoms with van der Waals surface area (Å²) in [6, 6.07) is 6.02. The van der Waals surface area contributed by atoms with Crippen LogP contribution < -0.4 is 5.73 Å². The van der Waals surface area contributed by atoms with Crippen LogP contribution in [0.5, 0.6) is 0 Å². The predicted octanol–water partition coefficient (Wildman–Crippen LogP) is 1.36. The molecule has 2 N–H and O–H groups in total. The molecule has 6 heteroatoms. The number of hydrogen-bond acceptors (Lipinski definition) is 3. The fraction of sp³-hybridized carbons (Fsp3) is 0.500. The highest BCUT2D eigenvalue weighted by Gasteiger charge is 2.26. The van der Waals surface area contributed by atoms with Crippen molar-refractivity contribution >= 4 is 18.3 Å². The first-order valence-corrected chi connectivity index (χ1v) is 6.45. The van der Waals surface area contributed by atoms with Crippen molar-refractivity contribution in [3.05, 3.63) is 35.6 Å². The van der Waals surface area contributed by atoms with Crippen LogP contribution in [0.2, 0.25) is 0 Å². The van der Waals surface area contributed by atoms with Crippen LogP contribution in [-0.2, 0) is 16.0 Å². The summed E-state index contributed by atoms with van der Waals surface area (Å²) in [7, 11) is 0. The van der Waals surface area contributed by atoms with Gasteiger partial charge >= 0.3 is 0 Å². The van der Waals surface area contributed by atoms with Gasteiger partial charge < -0.3 is 15.4 Å². The van der Waals surface area contributed by atoms with E-state index in [1.165, 1.54) is 12.1 Å². The molecule has 1 aromatic carbocycles. The van der Waals surface area contributed by atoms with Crippen LogP contribution in [0.15, 0.2) is 24.3 Å². The molecular weight excluding hydrogens is 283 g/mol. The standard InChI is InChI=1S/C14H19FN2O2.ClH/c1-10(16)13-9-17(5-6-19-13)14(18)8-11-3-2-4-12(15)7-11;/h2-4,7,10,13H,5-6,8-9,16H2,1H3;1H. The molecule has 4 nitrogen and oxygen atoms in total. The van der Waals surface area contributed by atoms with Gasteiger partial charge in [0.05, 0.1) is 19.1 Å². The molecule has 2 unspecified atom stereocenters. The van der Waals surface area contributed by atoms with Crippen molar-refractivity contribution in [1.29, 1.82) is 0 Å². The van der Waals surface area contributed by atoms with Gasteiger partial charge in [-0.05, 0) is 24.6 Å². The third kappa shape index (κ3) is 4.44. The van der Waals surface area contributed by atoms with Gasteiger partial charge in [0.15, 0.2) is 0 Å². The number of ether oxygens (including phenoxy) is 1. The highest BCUT2D eigenvalue weighted by Crippen LogP contribution is 2.11. The Morgan fingerprint density at radius 3 is 3.00 bits per heavy atom. The number of hydrogen-bond donors (Lipinski definition) is 1. The van der Waals surface area contributed by atoms with Crippen molar-refractivity contribution in [3.63, 3.8) is 0 Å². The maximum atomic E-state index is 13.1. The van der Waals surface area contributed by atoms with Gasteiger partial charge in [-0.25, -0.2) is 4.39 Å². The summed E-state index contributed by atoms with van der Waals surface area (Å²) in [5.74, 6) is -0.333. The first-order chi connectivity index (χ1) is 9.06. The Labute approximate surface area is 124 Å². The Morgan fingerprint density at radius 1 is 1.60 bits per heavy atom. The molecule has 1 fully saturated rings. The number of carbonyl (C=O) groups excluding carboxylic acids is 1. The van der Waals surface area contributed by atoms with E-state index in [4.69, 9.17) is 10.5 Å². The summed E-state index contributed by atoms with van der Waals surface area (Å²) in [5, 5.41) is 0. The Kier molecular flexibility index (Phi) is 6.39. The number of nitrogens with two attached hydrogens (primary N) is 1. The van der Waals surface area contributed by atoms with Gasteiger partial charge in [-0.3, -0.25) is 4.79 Å². The molecule has 1 aromatic rings. The van der Waals surface area contributed by atoms with Crippen molar-refractivity contribution in [3.8, 4) is 0 Å². The van der Waals surface area contributed by atoms with E-state index in [1.54, 1.807) is 17.0 Å². The minimum Gasteiger partial charge on any atom is -0.373 e. The Balaban J connectivity index is 0.00000200. The number of morpholine rings is 1. The Hall–Kier alpha value is -1.17. The molecule has 1 saturated heterocycles. The molecule has 0 aliphatic carbocycles. The van der Waals surface area contributed by atoms with Gasteiger partial charge in [-0.2, -0.15) is 0 Å². The molecule has 0 radical (unpaired) electrons. The second kappa shape index (κ2) is 7.57. The van der Waals surface area contributed by atoms with E-state index in [-0.39, 0.29) is 42.7 Å². The average molecular weight is 303 g/mol. The van der Waals surface area contributed by atoms with Crippen molar-refractivity contribution in [2.24, 2.45) is 5.73 Å². The first-order valence-electron chi connectivity index (χ1n) is 6.45. The van der Waals surface area contributed by atoms with Crippen LogP contribution in [0.25, 0.3) is 0 Å². The number of benzene rings is 1. The third-order valence-electron chi connectivity index (χ3n) is 3.28. The van der Waals surface area contributed by atoms with Crippen LogP contribution in [0.3, 0.4) is 0 Å². The van der Waals surface area contributed by atoms with Gasteiger partial charge in [-0.15, -0.1) is 12.4 Å². The molecule has 1 amide bonds. The zero-order chi connectivity index (χ0) is 13.8. The molecule has 0 bridgehead atoms. The normalized spacial score (nSPS) is 20.1. The molecule has 1 heterocycles. The zero-order valence-corrected chi connectivity index (χ0v) is 12.2. The minimum atomic E-state index is -0.319. The number of amides is 1. The van der Waals surface area contributed by atoms with Crippen molar-refractivity contribution in [2.45, 2.75) is 25.5 Å². The Bertz CT molecular complexity index is 457. The van der Waals surface area contributed by atoms with E-state index in [2.05, 4.69) is 0 Å². The molecular formula is C14H20ClFN2O2. The molecule has 0 saturated carbocycles. The van der Waals surface area contributed by atoms with Crippen molar-refractivity contribution in [1.82, 2.24) is 4.90 Å². The van der Waals surface area contributed by atoms with E-state index in [1.807, 2.05) is 6.92 Å². The Morgan fingerprint density at radius 2 is 2.35 bits per heavy atom. The topological polar surface area (TPSA) is 55.6 Å². The molecule has 1 aliphatic rings. The van der Waals surface area contributed by atoms with Crippen LogP contribution in [0.1, 0.15) is 12.5 Å². The smallest absolute Gasteiger partial charge is 0.227 e. The maximum Gasteiger partial charge on any atom is 0.227 e. The fourth-order valence-electron chi connectivity index (χ4n) is 2.15. The molecule has 112 valence electrons. The molecule has 2 rings (SSSR count). The summed E-state index contributed by atoms with van der Waals surface area (Å²) in [6.45, 7) is 3.44. The molecule has 1 aliphatic heterocycles. The predicted molar refractivity (Wildman–Crippen MR) is 77.3 cm³/mol. The zero-order valence-electron chi connectivity index (χ0n) is 11.4. The lowest BCUT2D eigenvalue weighted by atomic mass is 10.1. The molecule has 0 aromatic heterocycles. The molecule has 0 spiro atoms. The van der Waals surface area contributed by atoms with E-state index in [9.17, 15) is 9.18 Å². The van der Waals surface area contributed by atoms with Crippen LogP contribution in [-0.4, -0.2) is 42.6 Å². The fourth-order valence-corrected chi connectivity index (χ4v) is 2.15. The highest BCUT2D eigenvalue weighted by molar-refractivity contribution is 5.85. The van der Waals surface area contributed by atoms with Gasteiger partial charge in [-0.1, -0.05) is 12.1 Å². The largest absolute Gasteiger partial charge is 0.373 e. The van der Waals surface area contributed by atoms with Gasteiger partial charge in [0.2, 0.25) is 5.91 Å². The van der Waals surface area contributed by atoms with E-state index < -0.39 is 0 Å². The van der Waals surface area contributed by atoms with E-state index in [0.29, 0.717) is 25.3 Å². The summed E-state index contributed by atoms with van der Waals surface area (Å²) >= 11 is 0. The summed E-state index contributed by atoms with van der Waals surface area (Å²) in [5.41, 5.74) is 6.48. The summed E-state index contributed by atoms with van der Waals surface area (Å²) in [4.78, 5) is 13.9. The van der Waals surface area contributed by atoms with Crippen molar-refractivity contribution in [2.75, 3.05) is 19.7 Å². The maximum absolute atomic E-state index is 13.1. The third-order valence-corrected chi connectivity index (χ3v) is 3.28. The summed E-state index contributed by atoms with van der Waals surface area (Å²) < 4.78 is 18.6. The highest BCUT2D eigenvalue weighted by atomic mass is 35.5. The monoisotopic (exact) mass is 302 g/mol.